The maximum atomic E-state index is 11.9. The van der Waals surface area contributed by atoms with Gasteiger partial charge in [0, 0.05) is 19.1 Å². The third-order valence-electron chi connectivity index (χ3n) is 2.71. The van der Waals surface area contributed by atoms with Crippen molar-refractivity contribution in [1.82, 2.24) is 25.6 Å². The van der Waals surface area contributed by atoms with Gasteiger partial charge in [0.1, 0.15) is 6.04 Å². The highest BCUT2D eigenvalue weighted by molar-refractivity contribution is 5.79. The number of rotatable bonds is 7. The zero-order valence-electron chi connectivity index (χ0n) is 12.5. The molecule has 1 heterocycles. The quantitative estimate of drug-likeness (QED) is 0.776. The molecular formula is C13H25N5O. The lowest BCUT2D eigenvalue weighted by atomic mass is 10.2. The summed E-state index contributed by atoms with van der Waals surface area (Å²) < 4.78 is 1.60. The van der Waals surface area contributed by atoms with Crippen molar-refractivity contribution in [2.24, 2.45) is 5.92 Å². The third-order valence-corrected chi connectivity index (χ3v) is 2.71. The zero-order chi connectivity index (χ0) is 14.4. The number of carbonyl (C=O) groups excluding carboxylic acids is 1. The van der Waals surface area contributed by atoms with Crippen LogP contribution in [-0.4, -0.2) is 33.5 Å². The second kappa shape index (κ2) is 7.23. The van der Waals surface area contributed by atoms with Gasteiger partial charge in [0.15, 0.2) is 0 Å². The van der Waals surface area contributed by atoms with Gasteiger partial charge in [-0.05, 0) is 12.8 Å². The maximum absolute atomic E-state index is 11.9. The van der Waals surface area contributed by atoms with Gasteiger partial charge in [-0.3, -0.25) is 4.79 Å². The number of aromatic nitrogens is 3. The van der Waals surface area contributed by atoms with Crippen molar-refractivity contribution in [3.63, 3.8) is 0 Å². The first-order valence-electron chi connectivity index (χ1n) is 6.82. The van der Waals surface area contributed by atoms with E-state index >= 15 is 0 Å². The lowest BCUT2D eigenvalue weighted by molar-refractivity contribution is -0.124. The van der Waals surface area contributed by atoms with Crippen LogP contribution >= 0.6 is 0 Å². The van der Waals surface area contributed by atoms with Crippen molar-refractivity contribution in [1.29, 1.82) is 0 Å². The molecule has 0 aromatic carbocycles. The molecule has 0 aliphatic carbocycles. The van der Waals surface area contributed by atoms with Crippen molar-refractivity contribution in [3.05, 3.63) is 11.9 Å². The van der Waals surface area contributed by atoms with Crippen LogP contribution in [0.1, 0.15) is 46.4 Å². The highest BCUT2D eigenvalue weighted by atomic mass is 16.2. The van der Waals surface area contributed by atoms with E-state index in [1.54, 1.807) is 4.68 Å². The Hall–Kier alpha value is -1.43. The fourth-order valence-electron chi connectivity index (χ4n) is 1.46. The van der Waals surface area contributed by atoms with E-state index in [-0.39, 0.29) is 11.9 Å². The Kier molecular flexibility index (Phi) is 5.95. The molecule has 6 heteroatoms. The van der Waals surface area contributed by atoms with Gasteiger partial charge in [-0.15, -0.1) is 5.10 Å². The Balaban J connectivity index is 2.52. The summed E-state index contributed by atoms with van der Waals surface area (Å²) in [4.78, 5) is 11.9. The largest absolute Gasteiger partial charge is 0.354 e. The van der Waals surface area contributed by atoms with Crippen molar-refractivity contribution in [2.75, 3.05) is 6.54 Å². The smallest absolute Gasteiger partial charge is 0.244 e. The first-order valence-corrected chi connectivity index (χ1v) is 6.82. The number of nitrogens with one attached hydrogen (secondary N) is 2. The molecule has 1 rings (SSSR count). The van der Waals surface area contributed by atoms with Crippen LogP contribution in [0.3, 0.4) is 0 Å². The SMILES string of the molecule is CC(C)CNC(=O)C(C)n1cc(CNC(C)C)nn1. The summed E-state index contributed by atoms with van der Waals surface area (Å²) in [6.45, 7) is 11.5. The van der Waals surface area contributed by atoms with Gasteiger partial charge in [-0.1, -0.05) is 32.9 Å². The van der Waals surface area contributed by atoms with E-state index in [4.69, 9.17) is 0 Å². The normalized spacial score (nSPS) is 13.0. The lowest BCUT2D eigenvalue weighted by Gasteiger charge is -2.13. The molecule has 6 nitrogen and oxygen atoms in total. The predicted octanol–water partition coefficient (Wildman–Crippen LogP) is 1.11. The van der Waals surface area contributed by atoms with Crippen LogP contribution in [0.2, 0.25) is 0 Å². The number of hydrogen-bond donors (Lipinski definition) is 2. The first kappa shape index (κ1) is 15.6. The second-order valence-corrected chi connectivity index (χ2v) is 5.54. The van der Waals surface area contributed by atoms with Crippen LogP contribution < -0.4 is 10.6 Å². The summed E-state index contributed by atoms with van der Waals surface area (Å²) in [5, 5.41) is 14.2. The van der Waals surface area contributed by atoms with E-state index in [2.05, 4.69) is 48.6 Å². The van der Waals surface area contributed by atoms with Gasteiger partial charge in [0.25, 0.3) is 0 Å². The van der Waals surface area contributed by atoms with Crippen LogP contribution in [0.4, 0.5) is 0 Å². The number of carbonyl (C=O) groups is 1. The van der Waals surface area contributed by atoms with E-state index in [0.717, 1.165) is 5.69 Å². The molecule has 0 saturated carbocycles. The fraction of sp³-hybridized carbons (Fsp3) is 0.769. The van der Waals surface area contributed by atoms with E-state index in [1.807, 2.05) is 13.1 Å². The molecule has 0 aliphatic heterocycles. The van der Waals surface area contributed by atoms with E-state index in [0.29, 0.717) is 25.0 Å². The summed E-state index contributed by atoms with van der Waals surface area (Å²) in [7, 11) is 0. The van der Waals surface area contributed by atoms with Gasteiger partial charge in [-0.25, -0.2) is 4.68 Å². The summed E-state index contributed by atoms with van der Waals surface area (Å²) >= 11 is 0. The fourth-order valence-corrected chi connectivity index (χ4v) is 1.46. The Labute approximate surface area is 115 Å². The minimum Gasteiger partial charge on any atom is -0.354 e. The molecule has 1 amide bonds. The Bertz CT molecular complexity index is 399. The zero-order valence-corrected chi connectivity index (χ0v) is 12.5. The van der Waals surface area contributed by atoms with Crippen molar-refractivity contribution in [3.8, 4) is 0 Å². The monoisotopic (exact) mass is 267 g/mol. The molecule has 1 aromatic heterocycles. The molecule has 0 aliphatic rings. The summed E-state index contributed by atoms with van der Waals surface area (Å²) in [5.41, 5.74) is 0.845. The minimum atomic E-state index is -0.334. The van der Waals surface area contributed by atoms with Gasteiger partial charge in [-0.2, -0.15) is 0 Å². The molecule has 0 fully saturated rings. The van der Waals surface area contributed by atoms with Gasteiger partial charge >= 0.3 is 0 Å². The Morgan fingerprint density at radius 1 is 1.32 bits per heavy atom. The molecule has 0 bridgehead atoms. The predicted molar refractivity (Wildman–Crippen MR) is 74.6 cm³/mol. The van der Waals surface area contributed by atoms with Crippen LogP contribution in [-0.2, 0) is 11.3 Å². The van der Waals surface area contributed by atoms with Crippen LogP contribution in [0.15, 0.2) is 6.20 Å². The summed E-state index contributed by atoms with van der Waals surface area (Å²) in [6.07, 6.45) is 1.81. The molecule has 1 unspecified atom stereocenters. The standard InChI is InChI=1S/C13H25N5O/c1-9(2)6-15-13(19)11(5)18-8-12(16-17-18)7-14-10(3)4/h8-11,14H,6-7H2,1-5H3,(H,15,19). The van der Waals surface area contributed by atoms with E-state index in [1.165, 1.54) is 0 Å². The molecule has 1 aromatic rings. The average Bonchev–Trinajstić information content (AvgIpc) is 2.81. The highest BCUT2D eigenvalue weighted by Crippen LogP contribution is 2.05. The molecule has 0 spiro atoms. The Morgan fingerprint density at radius 2 is 2.00 bits per heavy atom. The van der Waals surface area contributed by atoms with Crippen LogP contribution in [0, 0.1) is 5.92 Å². The average molecular weight is 267 g/mol. The van der Waals surface area contributed by atoms with Crippen molar-refractivity contribution >= 4 is 5.91 Å². The van der Waals surface area contributed by atoms with E-state index in [9.17, 15) is 4.79 Å². The summed E-state index contributed by atoms with van der Waals surface area (Å²) in [6, 6.07) is 0.0657. The van der Waals surface area contributed by atoms with Crippen LogP contribution in [0.5, 0.6) is 0 Å². The molecule has 108 valence electrons. The second-order valence-electron chi connectivity index (χ2n) is 5.54. The van der Waals surface area contributed by atoms with Gasteiger partial charge in [0.05, 0.1) is 11.9 Å². The van der Waals surface area contributed by atoms with Gasteiger partial charge < -0.3 is 10.6 Å². The number of nitrogens with zero attached hydrogens (tertiary/aromatic N) is 3. The third kappa shape index (κ3) is 5.38. The number of amides is 1. The molecule has 2 N–H and O–H groups in total. The summed E-state index contributed by atoms with van der Waals surface area (Å²) in [5.74, 6) is 0.416. The molecule has 19 heavy (non-hydrogen) atoms. The molecule has 0 saturated heterocycles. The first-order chi connectivity index (χ1) is 8.90. The molecule has 0 radical (unpaired) electrons. The highest BCUT2D eigenvalue weighted by Gasteiger charge is 2.16. The lowest BCUT2D eigenvalue weighted by Crippen LogP contribution is -2.33. The number of hydrogen-bond acceptors (Lipinski definition) is 4. The molecule has 1 atom stereocenters. The van der Waals surface area contributed by atoms with Crippen molar-refractivity contribution < 1.29 is 4.79 Å². The maximum Gasteiger partial charge on any atom is 0.244 e. The Morgan fingerprint density at radius 3 is 2.58 bits per heavy atom. The van der Waals surface area contributed by atoms with E-state index < -0.39 is 0 Å². The topological polar surface area (TPSA) is 71.8 Å². The van der Waals surface area contributed by atoms with Gasteiger partial charge in [0.2, 0.25) is 5.91 Å². The van der Waals surface area contributed by atoms with Crippen molar-refractivity contribution in [2.45, 2.75) is 53.2 Å². The molecular weight excluding hydrogens is 242 g/mol. The minimum absolute atomic E-state index is 0.0260. The van der Waals surface area contributed by atoms with Crippen LogP contribution in [0.25, 0.3) is 0 Å².